The SMILES string of the molecule is CCNc1ccc(C)cc1C(=O)NC(C)c1cn[nH]c1. The Labute approximate surface area is 118 Å². The van der Waals surface area contributed by atoms with Gasteiger partial charge in [-0.3, -0.25) is 9.89 Å². The molecule has 0 aliphatic heterocycles. The zero-order valence-electron chi connectivity index (χ0n) is 12.0. The van der Waals surface area contributed by atoms with Gasteiger partial charge < -0.3 is 10.6 Å². The Morgan fingerprint density at radius 2 is 2.25 bits per heavy atom. The lowest BCUT2D eigenvalue weighted by molar-refractivity contribution is 0.0940. The molecule has 20 heavy (non-hydrogen) atoms. The molecule has 0 saturated heterocycles. The molecule has 5 heteroatoms. The Morgan fingerprint density at radius 1 is 1.45 bits per heavy atom. The highest BCUT2D eigenvalue weighted by molar-refractivity contribution is 6.00. The maximum absolute atomic E-state index is 12.4. The number of carbonyl (C=O) groups excluding carboxylic acids is 1. The summed E-state index contributed by atoms with van der Waals surface area (Å²) in [4.78, 5) is 12.4. The number of rotatable bonds is 5. The molecule has 3 N–H and O–H groups in total. The summed E-state index contributed by atoms with van der Waals surface area (Å²) >= 11 is 0. The highest BCUT2D eigenvalue weighted by Crippen LogP contribution is 2.19. The number of benzene rings is 1. The number of aromatic amines is 1. The molecule has 5 nitrogen and oxygen atoms in total. The summed E-state index contributed by atoms with van der Waals surface area (Å²) in [7, 11) is 0. The molecule has 1 unspecified atom stereocenters. The van der Waals surface area contributed by atoms with Crippen molar-refractivity contribution in [2.75, 3.05) is 11.9 Å². The number of hydrogen-bond acceptors (Lipinski definition) is 3. The maximum Gasteiger partial charge on any atom is 0.253 e. The third kappa shape index (κ3) is 3.17. The number of aryl methyl sites for hydroxylation is 1. The molecule has 0 bridgehead atoms. The van der Waals surface area contributed by atoms with E-state index in [-0.39, 0.29) is 11.9 Å². The molecule has 0 spiro atoms. The van der Waals surface area contributed by atoms with E-state index in [9.17, 15) is 4.79 Å². The van der Waals surface area contributed by atoms with Crippen molar-refractivity contribution < 1.29 is 4.79 Å². The van der Waals surface area contributed by atoms with Crippen LogP contribution in [-0.4, -0.2) is 22.6 Å². The number of hydrogen-bond donors (Lipinski definition) is 3. The van der Waals surface area contributed by atoms with Crippen molar-refractivity contribution in [1.29, 1.82) is 0 Å². The predicted molar refractivity (Wildman–Crippen MR) is 79.8 cm³/mol. The van der Waals surface area contributed by atoms with Gasteiger partial charge in [0.15, 0.2) is 0 Å². The second-order valence-corrected chi connectivity index (χ2v) is 4.81. The standard InChI is InChI=1S/C15H20N4O/c1-4-16-14-6-5-10(2)7-13(14)15(20)19-11(3)12-8-17-18-9-12/h5-9,11,16H,4H2,1-3H3,(H,17,18)(H,19,20). The van der Waals surface area contributed by atoms with Crippen LogP contribution in [0.5, 0.6) is 0 Å². The van der Waals surface area contributed by atoms with E-state index in [0.29, 0.717) is 5.56 Å². The van der Waals surface area contributed by atoms with E-state index in [0.717, 1.165) is 23.4 Å². The summed E-state index contributed by atoms with van der Waals surface area (Å²) < 4.78 is 0. The number of aromatic nitrogens is 2. The zero-order valence-corrected chi connectivity index (χ0v) is 12.0. The van der Waals surface area contributed by atoms with Crippen molar-refractivity contribution in [3.8, 4) is 0 Å². The van der Waals surface area contributed by atoms with E-state index in [4.69, 9.17) is 0 Å². The minimum atomic E-state index is -0.0868. The van der Waals surface area contributed by atoms with Crippen LogP contribution in [0.4, 0.5) is 5.69 Å². The van der Waals surface area contributed by atoms with Crippen molar-refractivity contribution in [3.05, 3.63) is 47.3 Å². The molecule has 0 aliphatic rings. The molecular weight excluding hydrogens is 252 g/mol. The highest BCUT2D eigenvalue weighted by atomic mass is 16.1. The van der Waals surface area contributed by atoms with Crippen LogP contribution in [0.2, 0.25) is 0 Å². The van der Waals surface area contributed by atoms with Gasteiger partial charge in [0.1, 0.15) is 0 Å². The van der Waals surface area contributed by atoms with Gasteiger partial charge in [-0.25, -0.2) is 0 Å². The van der Waals surface area contributed by atoms with Crippen LogP contribution < -0.4 is 10.6 Å². The van der Waals surface area contributed by atoms with Crippen LogP contribution in [0.15, 0.2) is 30.6 Å². The van der Waals surface area contributed by atoms with Gasteiger partial charge in [0.25, 0.3) is 5.91 Å². The summed E-state index contributed by atoms with van der Waals surface area (Å²) in [5.41, 5.74) is 3.54. The van der Waals surface area contributed by atoms with E-state index in [2.05, 4.69) is 20.8 Å². The largest absolute Gasteiger partial charge is 0.385 e. The number of nitrogens with one attached hydrogen (secondary N) is 3. The fourth-order valence-corrected chi connectivity index (χ4v) is 2.05. The fourth-order valence-electron chi connectivity index (χ4n) is 2.05. The Balaban J connectivity index is 2.18. The first-order valence-electron chi connectivity index (χ1n) is 6.76. The lowest BCUT2D eigenvalue weighted by atomic mass is 10.1. The third-order valence-electron chi connectivity index (χ3n) is 3.15. The quantitative estimate of drug-likeness (QED) is 0.783. The summed E-state index contributed by atoms with van der Waals surface area (Å²) in [6.45, 7) is 6.70. The van der Waals surface area contributed by atoms with Gasteiger partial charge in [-0.1, -0.05) is 11.6 Å². The van der Waals surface area contributed by atoms with Crippen molar-refractivity contribution in [1.82, 2.24) is 15.5 Å². The van der Waals surface area contributed by atoms with Crippen molar-refractivity contribution >= 4 is 11.6 Å². The predicted octanol–water partition coefficient (Wildman–Crippen LogP) is 2.64. The highest BCUT2D eigenvalue weighted by Gasteiger charge is 2.15. The Morgan fingerprint density at radius 3 is 2.90 bits per heavy atom. The summed E-state index contributed by atoms with van der Waals surface area (Å²) in [6.07, 6.45) is 3.50. The van der Waals surface area contributed by atoms with E-state index in [1.54, 1.807) is 12.4 Å². The second kappa shape index (κ2) is 6.23. The van der Waals surface area contributed by atoms with Crippen LogP contribution in [0.3, 0.4) is 0 Å². The van der Waals surface area contributed by atoms with Crippen molar-refractivity contribution in [2.24, 2.45) is 0 Å². The molecule has 0 aliphatic carbocycles. The maximum atomic E-state index is 12.4. The summed E-state index contributed by atoms with van der Waals surface area (Å²) in [5.74, 6) is -0.0849. The average Bonchev–Trinajstić information content (AvgIpc) is 2.95. The van der Waals surface area contributed by atoms with Crippen LogP contribution in [0.25, 0.3) is 0 Å². The monoisotopic (exact) mass is 272 g/mol. The smallest absolute Gasteiger partial charge is 0.253 e. The average molecular weight is 272 g/mol. The van der Waals surface area contributed by atoms with Gasteiger partial charge in [-0.05, 0) is 32.9 Å². The lowest BCUT2D eigenvalue weighted by Gasteiger charge is -2.15. The van der Waals surface area contributed by atoms with Crippen LogP contribution >= 0.6 is 0 Å². The van der Waals surface area contributed by atoms with E-state index in [1.807, 2.05) is 39.0 Å². The molecule has 0 radical (unpaired) electrons. The van der Waals surface area contributed by atoms with Crippen molar-refractivity contribution in [3.63, 3.8) is 0 Å². The molecule has 1 aromatic carbocycles. The Hall–Kier alpha value is -2.30. The zero-order chi connectivity index (χ0) is 14.5. The molecule has 1 amide bonds. The number of anilines is 1. The van der Waals surface area contributed by atoms with E-state index >= 15 is 0 Å². The molecule has 0 saturated carbocycles. The minimum absolute atomic E-state index is 0.0849. The van der Waals surface area contributed by atoms with Gasteiger partial charge in [-0.15, -0.1) is 0 Å². The van der Waals surface area contributed by atoms with Crippen molar-refractivity contribution in [2.45, 2.75) is 26.8 Å². The molecule has 0 fully saturated rings. The Kier molecular flexibility index (Phi) is 4.40. The minimum Gasteiger partial charge on any atom is -0.385 e. The molecule has 2 rings (SSSR count). The van der Waals surface area contributed by atoms with Crippen LogP contribution in [0, 0.1) is 6.92 Å². The van der Waals surface area contributed by atoms with E-state index in [1.165, 1.54) is 0 Å². The molecular formula is C15H20N4O. The van der Waals surface area contributed by atoms with E-state index < -0.39 is 0 Å². The van der Waals surface area contributed by atoms with Gasteiger partial charge in [0.05, 0.1) is 17.8 Å². The van der Waals surface area contributed by atoms with Crippen LogP contribution in [-0.2, 0) is 0 Å². The molecule has 1 aromatic heterocycles. The van der Waals surface area contributed by atoms with Gasteiger partial charge in [-0.2, -0.15) is 5.10 Å². The normalized spacial score (nSPS) is 11.9. The van der Waals surface area contributed by atoms with Gasteiger partial charge >= 0.3 is 0 Å². The number of nitrogens with zero attached hydrogens (tertiary/aromatic N) is 1. The Bertz CT molecular complexity index is 578. The number of amides is 1. The summed E-state index contributed by atoms with van der Waals surface area (Å²) in [5, 5.41) is 12.8. The second-order valence-electron chi connectivity index (χ2n) is 4.81. The number of H-pyrrole nitrogens is 1. The fraction of sp³-hybridized carbons (Fsp3) is 0.333. The van der Waals surface area contributed by atoms with Gasteiger partial charge in [0.2, 0.25) is 0 Å². The first-order valence-corrected chi connectivity index (χ1v) is 6.76. The topological polar surface area (TPSA) is 69.8 Å². The first kappa shape index (κ1) is 14.1. The number of carbonyl (C=O) groups is 1. The molecule has 1 atom stereocenters. The molecule has 1 heterocycles. The molecule has 106 valence electrons. The third-order valence-corrected chi connectivity index (χ3v) is 3.15. The molecule has 2 aromatic rings. The van der Waals surface area contributed by atoms with Gasteiger partial charge in [0, 0.05) is 24.0 Å². The first-order chi connectivity index (χ1) is 9.61. The van der Waals surface area contributed by atoms with Crippen LogP contribution in [0.1, 0.15) is 41.4 Å². The summed E-state index contributed by atoms with van der Waals surface area (Å²) in [6, 6.07) is 5.75. The lowest BCUT2D eigenvalue weighted by Crippen LogP contribution is -2.27.